The van der Waals surface area contributed by atoms with Crippen molar-refractivity contribution in [1.29, 1.82) is 0 Å². The minimum Gasteiger partial charge on any atom is -0.317 e. The number of rotatable bonds is 6. The lowest BCUT2D eigenvalue weighted by molar-refractivity contribution is 0.399. The molecule has 1 nitrogen and oxygen atoms in total. The van der Waals surface area contributed by atoms with Crippen LogP contribution >= 0.6 is 11.8 Å². The maximum atomic E-state index is 3.28. The molecule has 68 valence electrons. The third-order valence-corrected chi connectivity index (χ3v) is 3.01. The second-order valence-corrected chi connectivity index (χ2v) is 4.18. The van der Waals surface area contributed by atoms with Gasteiger partial charge in [-0.3, -0.25) is 0 Å². The first kappa shape index (κ1) is 11.3. The lowest BCUT2D eigenvalue weighted by atomic mass is 9.99. The monoisotopic (exact) mass is 175 g/mol. The quantitative estimate of drug-likeness (QED) is 0.622. The van der Waals surface area contributed by atoms with Gasteiger partial charge in [-0.05, 0) is 44.7 Å². The van der Waals surface area contributed by atoms with Gasteiger partial charge in [0.1, 0.15) is 0 Å². The lowest BCUT2D eigenvalue weighted by Crippen LogP contribution is -2.28. The van der Waals surface area contributed by atoms with Crippen molar-refractivity contribution in [2.24, 2.45) is 5.92 Å². The second-order valence-electron chi connectivity index (χ2n) is 3.19. The maximum absolute atomic E-state index is 3.28. The van der Waals surface area contributed by atoms with Crippen LogP contribution in [-0.4, -0.2) is 25.1 Å². The van der Waals surface area contributed by atoms with Crippen molar-refractivity contribution in [3.63, 3.8) is 0 Å². The topological polar surface area (TPSA) is 12.0 Å². The van der Waals surface area contributed by atoms with Gasteiger partial charge < -0.3 is 5.32 Å². The molecule has 0 heterocycles. The SMILES string of the molecule is CNC(C)C(C)CCCSC. The van der Waals surface area contributed by atoms with Crippen LogP contribution in [0.4, 0.5) is 0 Å². The van der Waals surface area contributed by atoms with E-state index in [9.17, 15) is 0 Å². The smallest absolute Gasteiger partial charge is 0.00613 e. The zero-order valence-corrected chi connectivity index (χ0v) is 9.00. The average molecular weight is 175 g/mol. The molecule has 0 saturated carbocycles. The Morgan fingerprint density at radius 2 is 2.00 bits per heavy atom. The molecule has 0 aliphatic heterocycles. The fourth-order valence-electron chi connectivity index (χ4n) is 1.08. The lowest BCUT2D eigenvalue weighted by Gasteiger charge is -2.18. The molecule has 0 aromatic heterocycles. The van der Waals surface area contributed by atoms with E-state index in [4.69, 9.17) is 0 Å². The van der Waals surface area contributed by atoms with Crippen molar-refractivity contribution >= 4 is 11.8 Å². The molecule has 0 aromatic rings. The first-order chi connectivity index (χ1) is 5.22. The van der Waals surface area contributed by atoms with Crippen LogP contribution in [0.1, 0.15) is 26.7 Å². The van der Waals surface area contributed by atoms with E-state index in [1.807, 2.05) is 18.8 Å². The summed E-state index contributed by atoms with van der Waals surface area (Å²) in [5, 5.41) is 3.28. The summed E-state index contributed by atoms with van der Waals surface area (Å²) in [6, 6.07) is 0.664. The summed E-state index contributed by atoms with van der Waals surface area (Å²) in [6.45, 7) is 4.57. The van der Waals surface area contributed by atoms with Crippen molar-refractivity contribution in [3.8, 4) is 0 Å². The van der Waals surface area contributed by atoms with E-state index >= 15 is 0 Å². The highest BCUT2D eigenvalue weighted by molar-refractivity contribution is 7.98. The van der Waals surface area contributed by atoms with Gasteiger partial charge in [0.05, 0.1) is 0 Å². The van der Waals surface area contributed by atoms with E-state index in [0.717, 1.165) is 5.92 Å². The Labute approximate surface area is 75.3 Å². The second kappa shape index (κ2) is 6.99. The van der Waals surface area contributed by atoms with Crippen LogP contribution < -0.4 is 5.32 Å². The minimum atomic E-state index is 0.664. The Morgan fingerprint density at radius 1 is 1.36 bits per heavy atom. The van der Waals surface area contributed by atoms with E-state index in [1.165, 1.54) is 18.6 Å². The largest absolute Gasteiger partial charge is 0.317 e. The normalized spacial score (nSPS) is 16.4. The molecule has 2 unspecified atom stereocenters. The van der Waals surface area contributed by atoms with Gasteiger partial charge in [0.2, 0.25) is 0 Å². The van der Waals surface area contributed by atoms with Crippen LogP contribution in [0.2, 0.25) is 0 Å². The van der Waals surface area contributed by atoms with Crippen molar-refractivity contribution < 1.29 is 0 Å². The highest BCUT2D eigenvalue weighted by Crippen LogP contribution is 2.11. The summed E-state index contributed by atoms with van der Waals surface area (Å²) in [7, 11) is 2.04. The van der Waals surface area contributed by atoms with Gasteiger partial charge in [0.25, 0.3) is 0 Å². The zero-order chi connectivity index (χ0) is 8.69. The predicted octanol–water partition coefficient (Wildman–Crippen LogP) is 2.37. The zero-order valence-electron chi connectivity index (χ0n) is 8.18. The van der Waals surface area contributed by atoms with Crippen molar-refractivity contribution in [2.75, 3.05) is 19.1 Å². The minimum absolute atomic E-state index is 0.664. The molecule has 0 bridgehead atoms. The van der Waals surface area contributed by atoms with E-state index < -0.39 is 0 Å². The molecule has 2 heteroatoms. The standard InChI is InChI=1S/C9H21NS/c1-8(9(2)10-3)6-5-7-11-4/h8-10H,5-7H2,1-4H3. The number of hydrogen-bond donors (Lipinski definition) is 1. The van der Waals surface area contributed by atoms with Gasteiger partial charge in [0, 0.05) is 6.04 Å². The summed E-state index contributed by atoms with van der Waals surface area (Å²) in [4.78, 5) is 0. The molecule has 1 N–H and O–H groups in total. The van der Waals surface area contributed by atoms with Crippen molar-refractivity contribution in [1.82, 2.24) is 5.32 Å². The summed E-state index contributed by atoms with van der Waals surface area (Å²) < 4.78 is 0. The molecular formula is C9H21NS. The van der Waals surface area contributed by atoms with Crippen molar-refractivity contribution in [2.45, 2.75) is 32.7 Å². The molecule has 0 rings (SSSR count). The maximum Gasteiger partial charge on any atom is 0.00613 e. The average Bonchev–Trinajstić information content (AvgIpc) is 2.03. The molecular weight excluding hydrogens is 154 g/mol. The summed E-state index contributed by atoms with van der Waals surface area (Å²) >= 11 is 1.94. The highest BCUT2D eigenvalue weighted by Gasteiger charge is 2.08. The molecule has 0 aliphatic rings. The van der Waals surface area contributed by atoms with Gasteiger partial charge in [-0.25, -0.2) is 0 Å². The van der Waals surface area contributed by atoms with Crippen LogP contribution in [0, 0.1) is 5.92 Å². The molecule has 0 aliphatic carbocycles. The third-order valence-electron chi connectivity index (χ3n) is 2.32. The third kappa shape index (κ3) is 5.57. The summed E-state index contributed by atoms with van der Waals surface area (Å²) in [5.74, 6) is 2.12. The van der Waals surface area contributed by atoms with Crippen LogP contribution in [0.5, 0.6) is 0 Å². The van der Waals surface area contributed by atoms with Crippen LogP contribution in [-0.2, 0) is 0 Å². The molecule has 0 spiro atoms. The molecule has 11 heavy (non-hydrogen) atoms. The van der Waals surface area contributed by atoms with E-state index in [2.05, 4.69) is 25.4 Å². The number of nitrogens with one attached hydrogen (secondary N) is 1. The predicted molar refractivity (Wildman–Crippen MR) is 55.3 cm³/mol. The fraction of sp³-hybridized carbons (Fsp3) is 1.00. The van der Waals surface area contributed by atoms with Crippen LogP contribution in [0.15, 0.2) is 0 Å². The molecule has 0 aromatic carbocycles. The summed E-state index contributed by atoms with van der Waals surface area (Å²) in [6.07, 6.45) is 4.88. The van der Waals surface area contributed by atoms with E-state index in [1.54, 1.807) is 0 Å². The summed E-state index contributed by atoms with van der Waals surface area (Å²) in [5.41, 5.74) is 0. The van der Waals surface area contributed by atoms with E-state index in [-0.39, 0.29) is 0 Å². The Kier molecular flexibility index (Phi) is 7.18. The Bertz CT molecular complexity index is 85.6. The van der Waals surface area contributed by atoms with Crippen LogP contribution in [0.25, 0.3) is 0 Å². The fourth-order valence-corrected chi connectivity index (χ4v) is 1.54. The van der Waals surface area contributed by atoms with Gasteiger partial charge in [-0.15, -0.1) is 0 Å². The van der Waals surface area contributed by atoms with Gasteiger partial charge in [-0.2, -0.15) is 11.8 Å². The number of thioether (sulfide) groups is 1. The highest BCUT2D eigenvalue weighted by atomic mass is 32.2. The molecule has 0 saturated heterocycles. The molecule has 0 radical (unpaired) electrons. The first-order valence-electron chi connectivity index (χ1n) is 4.38. The first-order valence-corrected chi connectivity index (χ1v) is 5.78. The van der Waals surface area contributed by atoms with Gasteiger partial charge >= 0.3 is 0 Å². The molecule has 2 atom stereocenters. The Hall–Kier alpha value is 0.310. The van der Waals surface area contributed by atoms with E-state index in [0.29, 0.717) is 6.04 Å². The number of hydrogen-bond acceptors (Lipinski definition) is 2. The van der Waals surface area contributed by atoms with Crippen LogP contribution in [0.3, 0.4) is 0 Å². The van der Waals surface area contributed by atoms with Crippen molar-refractivity contribution in [3.05, 3.63) is 0 Å². The molecule has 0 amide bonds. The Balaban J connectivity index is 3.28. The van der Waals surface area contributed by atoms with Gasteiger partial charge in [-0.1, -0.05) is 6.92 Å². The molecule has 0 fully saturated rings. The van der Waals surface area contributed by atoms with Gasteiger partial charge in [0.15, 0.2) is 0 Å². The Morgan fingerprint density at radius 3 is 2.45 bits per heavy atom.